The van der Waals surface area contributed by atoms with E-state index in [1.54, 1.807) is 0 Å². The fourth-order valence-corrected chi connectivity index (χ4v) is 3.12. The zero-order valence-electron chi connectivity index (χ0n) is 10.9. The zero-order chi connectivity index (χ0) is 11.5. The van der Waals surface area contributed by atoms with Crippen molar-refractivity contribution in [2.24, 2.45) is 0 Å². The van der Waals surface area contributed by atoms with Crippen LogP contribution in [0.15, 0.2) is 0 Å². The van der Waals surface area contributed by atoms with Crippen LogP contribution in [0.5, 0.6) is 0 Å². The lowest BCUT2D eigenvalue weighted by Gasteiger charge is -2.25. The van der Waals surface area contributed by atoms with Gasteiger partial charge in [-0.25, -0.2) is 0 Å². The fourth-order valence-electron chi connectivity index (χ4n) is 3.12. The van der Waals surface area contributed by atoms with Crippen molar-refractivity contribution < 1.29 is 4.74 Å². The maximum Gasteiger partial charge on any atom is 0.0587 e. The molecule has 3 nitrogen and oxygen atoms in total. The van der Waals surface area contributed by atoms with Crippen molar-refractivity contribution >= 4 is 0 Å². The summed E-state index contributed by atoms with van der Waals surface area (Å²) < 4.78 is 5.80. The molecule has 2 saturated heterocycles. The molecular formula is C14H26N2O. The van der Waals surface area contributed by atoms with Crippen molar-refractivity contribution in [3.8, 4) is 0 Å². The molecule has 0 bridgehead atoms. The minimum atomic E-state index is 0.555. The first-order valence-electron chi connectivity index (χ1n) is 7.50. The third-order valence-corrected chi connectivity index (χ3v) is 4.36. The number of rotatable bonds is 5. The van der Waals surface area contributed by atoms with Gasteiger partial charge in [0.25, 0.3) is 0 Å². The number of nitrogens with zero attached hydrogens (tertiary/aromatic N) is 1. The number of ether oxygens (including phenoxy) is 1. The van der Waals surface area contributed by atoms with Crippen LogP contribution in [0.2, 0.25) is 0 Å². The maximum atomic E-state index is 5.80. The van der Waals surface area contributed by atoms with Gasteiger partial charge < -0.3 is 15.0 Å². The van der Waals surface area contributed by atoms with Crippen LogP contribution in [-0.4, -0.2) is 49.3 Å². The van der Waals surface area contributed by atoms with Gasteiger partial charge in [-0.2, -0.15) is 0 Å². The summed E-state index contributed by atoms with van der Waals surface area (Å²) in [5, 5.41) is 3.75. The van der Waals surface area contributed by atoms with E-state index in [0.717, 1.165) is 18.7 Å². The van der Waals surface area contributed by atoms with Gasteiger partial charge in [-0.05, 0) is 51.5 Å². The summed E-state index contributed by atoms with van der Waals surface area (Å²) in [4.78, 5) is 2.62. The van der Waals surface area contributed by atoms with Gasteiger partial charge >= 0.3 is 0 Å². The van der Waals surface area contributed by atoms with E-state index in [2.05, 4.69) is 10.2 Å². The van der Waals surface area contributed by atoms with Crippen molar-refractivity contribution in [2.45, 2.75) is 63.1 Å². The molecule has 2 heterocycles. The third-order valence-electron chi connectivity index (χ3n) is 4.36. The normalized spacial score (nSPS) is 35.3. The molecule has 1 aliphatic carbocycles. The maximum absolute atomic E-state index is 5.80. The molecule has 3 aliphatic rings. The second-order valence-corrected chi connectivity index (χ2v) is 6.00. The van der Waals surface area contributed by atoms with Crippen molar-refractivity contribution in [3.63, 3.8) is 0 Å². The molecule has 2 atom stereocenters. The lowest BCUT2D eigenvalue weighted by atomic mass is 10.1. The Kier molecular flexibility index (Phi) is 3.99. The van der Waals surface area contributed by atoms with Crippen LogP contribution in [0.3, 0.4) is 0 Å². The Morgan fingerprint density at radius 3 is 2.76 bits per heavy atom. The second-order valence-electron chi connectivity index (χ2n) is 6.00. The molecule has 0 aromatic rings. The van der Waals surface area contributed by atoms with Crippen LogP contribution >= 0.6 is 0 Å². The molecule has 3 fully saturated rings. The van der Waals surface area contributed by atoms with Gasteiger partial charge in [0, 0.05) is 31.8 Å². The number of hydrogen-bond donors (Lipinski definition) is 1. The molecule has 3 heteroatoms. The molecule has 0 spiro atoms. The number of likely N-dealkylation sites (tertiary alicyclic amines) is 1. The fraction of sp³-hybridized carbons (Fsp3) is 1.00. The molecule has 98 valence electrons. The molecule has 1 saturated carbocycles. The van der Waals surface area contributed by atoms with Gasteiger partial charge in [-0.3, -0.25) is 0 Å². The monoisotopic (exact) mass is 238 g/mol. The molecule has 2 unspecified atom stereocenters. The lowest BCUT2D eigenvalue weighted by Crippen LogP contribution is -2.35. The topological polar surface area (TPSA) is 24.5 Å². The molecule has 0 amide bonds. The van der Waals surface area contributed by atoms with Crippen LogP contribution in [0.25, 0.3) is 0 Å². The van der Waals surface area contributed by atoms with Crippen LogP contribution < -0.4 is 5.32 Å². The Balaban J connectivity index is 1.32. The standard InChI is InChI=1S/C14H26N2O/c1-2-10-17-14(3-1)7-9-16-8-6-13(11-16)15-12-4-5-12/h12-15H,1-11H2. The van der Waals surface area contributed by atoms with Crippen LogP contribution in [0.1, 0.15) is 44.9 Å². The van der Waals surface area contributed by atoms with E-state index in [4.69, 9.17) is 4.74 Å². The van der Waals surface area contributed by atoms with E-state index in [9.17, 15) is 0 Å². The molecule has 1 N–H and O–H groups in total. The molecule has 17 heavy (non-hydrogen) atoms. The van der Waals surface area contributed by atoms with Crippen molar-refractivity contribution in [2.75, 3.05) is 26.2 Å². The summed E-state index contributed by atoms with van der Waals surface area (Å²) >= 11 is 0. The summed E-state index contributed by atoms with van der Waals surface area (Å²) in [5.74, 6) is 0. The Morgan fingerprint density at radius 2 is 2.00 bits per heavy atom. The number of hydrogen-bond acceptors (Lipinski definition) is 3. The van der Waals surface area contributed by atoms with E-state index in [0.29, 0.717) is 6.10 Å². The summed E-state index contributed by atoms with van der Waals surface area (Å²) in [6.07, 6.45) is 9.90. The SMILES string of the molecule is C1CCC(CCN2CCC(NC3CC3)C2)OC1. The average Bonchev–Trinajstić information content (AvgIpc) is 3.06. The minimum Gasteiger partial charge on any atom is -0.378 e. The van der Waals surface area contributed by atoms with Gasteiger partial charge in [0.2, 0.25) is 0 Å². The van der Waals surface area contributed by atoms with E-state index >= 15 is 0 Å². The van der Waals surface area contributed by atoms with Gasteiger partial charge in [0.15, 0.2) is 0 Å². The van der Waals surface area contributed by atoms with Crippen LogP contribution in [0, 0.1) is 0 Å². The first-order chi connectivity index (χ1) is 8.40. The highest BCUT2D eigenvalue weighted by Gasteiger charge is 2.29. The largest absolute Gasteiger partial charge is 0.378 e. The van der Waals surface area contributed by atoms with Gasteiger partial charge in [0.05, 0.1) is 6.10 Å². The predicted octanol–water partition coefficient (Wildman–Crippen LogP) is 1.77. The van der Waals surface area contributed by atoms with E-state index in [1.807, 2.05) is 0 Å². The highest BCUT2D eigenvalue weighted by Crippen LogP contribution is 2.22. The van der Waals surface area contributed by atoms with Crippen LogP contribution in [0.4, 0.5) is 0 Å². The van der Waals surface area contributed by atoms with Crippen molar-refractivity contribution in [1.29, 1.82) is 0 Å². The molecule has 0 radical (unpaired) electrons. The van der Waals surface area contributed by atoms with Crippen molar-refractivity contribution in [3.05, 3.63) is 0 Å². The van der Waals surface area contributed by atoms with Crippen molar-refractivity contribution in [1.82, 2.24) is 10.2 Å². The van der Waals surface area contributed by atoms with Crippen LogP contribution in [-0.2, 0) is 4.74 Å². The van der Waals surface area contributed by atoms with E-state index < -0.39 is 0 Å². The summed E-state index contributed by atoms with van der Waals surface area (Å²) in [6.45, 7) is 4.80. The average molecular weight is 238 g/mol. The molecule has 0 aromatic carbocycles. The lowest BCUT2D eigenvalue weighted by molar-refractivity contribution is 0.00655. The quantitative estimate of drug-likeness (QED) is 0.790. The second kappa shape index (κ2) is 5.68. The minimum absolute atomic E-state index is 0.555. The Morgan fingerprint density at radius 1 is 1.06 bits per heavy atom. The third kappa shape index (κ3) is 3.67. The highest BCUT2D eigenvalue weighted by molar-refractivity contribution is 4.89. The Bertz CT molecular complexity index is 236. The zero-order valence-corrected chi connectivity index (χ0v) is 10.9. The van der Waals surface area contributed by atoms with E-state index in [1.165, 1.54) is 64.6 Å². The molecule has 3 rings (SSSR count). The van der Waals surface area contributed by atoms with Gasteiger partial charge in [-0.15, -0.1) is 0 Å². The Hall–Kier alpha value is -0.120. The predicted molar refractivity (Wildman–Crippen MR) is 69.2 cm³/mol. The van der Waals surface area contributed by atoms with Gasteiger partial charge in [0.1, 0.15) is 0 Å². The molecular weight excluding hydrogens is 212 g/mol. The Labute approximate surface area is 105 Å². The summed E-state index contributed by atoms with van der Waals surface area (Å²) in [6, 6.07) is 1.64. The van der Waals surface area contributed by atoms with Gasteiger partial charge in [-0.1, -0.05) is 0 Å². The first kappa shape index (κ1) is 11.9. The van der Waals surface area contributed by atoms with E-state index in [-0.39, 0.29) is 0 Å². The summed E-state index contributed by atoms with van der Waals surface area (Å²) in [5.41, 5.74) is 0. The summed E-state index contributed by atoms with van der Waals surface area (Å²) in [7, 11) is 0. The molecule has 0 aromatic heterocycles. The number of nitrogens with one attached hydrogen (secondary N) is 1. The molecule has 2 aliphatic heterocycles. The highest BCUT2D eigenvalue weighted by atomic mass is 16.5. The first-order valence-corrected chi connectivity index (χ1v) is 7.50. The smallest absolute Gasteiger partial charge is 0.0587 e.